The molecule has 1 unspecified atom stereocenters. The van der Waals surface area contributed by atoms with Crippen LogP contribution in [0.4, 0.5) is 0 Å². The lowest BCUT2D eigenvalue weighted by Gasteiger charge is -2.30. The maximum absolute atomic E-state index is 13.0. The zero-order chi connectivity index (χ0) is 21.2. The molecule has 2 aromatic carbocycles. The number of carbonyl (C=O) groups is 1. The molecule has 2 aliphatic heterocycles. The SMILES string of the molecule is O=C(NC1CCOc2ccccc21)c1ccc2nc(C3CCN(CCO)CC3)sc2c1. The number of hydrogen-bond acceptors (Lipinski definition) is 6. The van der Waals surface area contributed by atoms with Gasteiger partial charge < -0.3 is 20.1 Å². The lowest BCUT2D eigenvalue weighted by molar-refractivity contribution is 0.0925. The van der Waals surface area contributed by atoms with Gasteiger partial charge in [0.15, 0.2) is 0 Å². The molecule has 0 saturated carbocycles. The third-order valence-corrected chi connectivity index (χ3v) is 7.46. The number of benzene rings is 2. The molecule has 1 amide bonds. The molecule has 1 saturated heterocycles. The molecule has 1 aromatic heterocycles. The molecule has 162 valence electrons. The van der Waals surface area contributed by atoms with Crippen molar-refractivity contribution in [3.63, 3.8) is 0 Å². The average molecular weight is 438 g/mol. The number of amides is 1. The normalized spacial score (nSPS) is 19.7. The minimum absolute atomic E-state index is 0.0331. The number of aliphatic hydroxyl groups excluding tert-OH is 1. The minimum Gasteiger partial charge on any atom is -0.493 e. The standard InChI is InChI=1S/C24H27N3O3S/c28-13-12-27-10-7-16(8-11-27)24-26-20-6-5-17(15-22(20)31-24)23(29)25-19-9-14-30-21-4-2-1-3-18(19)21/h1-6,15-16,19,28H,7-14H2,(H,25,29). The first-order chi connectivity index (χ1) is 15.2. The third-order valence-electron chi connectivity index (χ3n) is 6.28. The van der Waals surface area contributed by atoms with Gasteiger partial charge >= 0.3 is 0 Å². The number of fused-ring (bicyclic) bond motifs is 2. The second-order valence-electron chi connectivity index (χ2n) is 8.28. The summed E-state index contributed by atoms with van der Waals surface area (Å²) in [5, 5.41) is 13.5. The summed E-state index contributed by atoms with van der Waals surface area (Å²) < 4.78 is 6.77. The zero-order valence-corrected chi connectivity index (χ0v) is 18.2. The Morgan fingerprint density at radius 1 is 1.19 bits per heavy atom. The van der Waals surface area contributed by atoms with E-state index in [9.17, 15) is 4.79 Å². The van der Waals surface area contributed by atoms with Crippen LogP contribution in [0.25, 0.3) is 10.2 Å². The summed E-state index contributed by atoms with van der Waals surface area (Å²) in [6, 6.07) is 13.7. The van der Waals surface area contributed by atoms with Gasteiger partial charge in [-0.1, -0.05) is 18.2 Å². The molecule has 2 N–H and O–H groups in total. The fraction of sp³-hybridized carbons (Fsp3) is 0.417. The van der Waals surface area contributed by atoms with Crippen molar-refractivity contribution < 1.29 is 14.6 Å². The molecule has 0 radical (unpaired) electrons. The third kappa shape index (κ3) is 4.31. The van der Waals surface area contributed by atoms with Gasteiger partial charge in [-0.25, -0.2) is 4.98 Å². The van der Waals surface area contributed by atoms with E-state index in [-0.39, 0.29) is 18.6 Å². The highest BCUT2D eigenvalue weighted by atomic mass is 32.1. The van der Waals surface area contributed by atoms with Gasteiger partial charge in [0.2, 0.25) is 0 Å². The lowest BCUT2D eigenvalue weighted by Crippen LogP contribution is -2.34. The van der Waals surface area contributed by atoms with E-state index in [0.717, 1.165) is 65.4 Å². The number of aromatic nitrogens is 1. The fourth-order valence-electron chi connectivity index (χ4n) is 4.54. The Labute approximate surface area is 185 Å². The first kappa shape index (κ1) is 20.4. The Kier molecular flexibility index (Phi) is 5.89. The van der Waals surface area contributed by atoms with Gasteiger partial charge in [0.1, 0.15) is 5.75 Å². The molecule has 5 rings (SSSR count). The molecule has 3 heterocycles. The van der Waals surface area contributed by atoms with Crippen molar-refractivity contribution in [1.29, 1.82) is 0 Å². The molecule has 1 atom stereocenters. The van der Waals surface area contributed by atoms with Gasteiger partial charge in [0, 0.05) is 30.0 Å². The summed E-state index contributed by atoms with van der Waals surface area (Å²) in [5.41, 5.74) is 2.67. The van der Waals surface area contributed by atoms with Crippen molar-refractivity contribution in [3.8, 4) is 5.75 Å². The molecule has 2 aliphatic rings. The molecule has 0 spiro atoms. The highest BCUT2D eigenvalue weighted by molar-refractivity contribution is 7.18. The van der Waals surface area contributed by atoms with Crippen molar-refractivity contribution in [2.24, 2.45) is 0 Å². The maximum Gasteiger partial charge on any atom is 0.251 e. The highest BCUT2D eigenvalue weighted by Crippen LogP contribution is 2.35. The quantitative estimate of drug-likeness (QED) is 0.636. The molecule has 3 aromatic rings. The lowest BCUT2D eigenvalue weighted by atomic mass is 9.97. The van der Waals surface area contributed by atoms with Crippen LogP contribution in [0.1, 0.15) is 52.2 Å². The van der Waals surface area contributed by atoms with Crippen molar-refractivity contribution in [2.75, 3.05) is 32.8 Å². The molecule has 0 bridgehead atoms. The zero-order valence-electron chi connectivity index (χ0n) is 17.4. The number of nitrogens with zero attached hydrogens (tertiary/aromatic N) is 2. The first-order valence-corrected chi connectivity index (χ1v) is 11.8. The molecule has 7 heteroatoms. The number of β-amino-alcohol motifs (C(OH)–C–C–N with tert-alkyl or cyclic N) is 1. The number of likely N-dealkylation sites (tertiary alicyclic amines) is 1. The van der Waals surface area contributed by atoms with Crippen LogP contribution >= 0.6 is 11.3 Å². The van der Waals surface area contributed by atoms with Crippen LogP contribution in [0.5, 0.6) is 5.75 Å². The summed E-state index contributed by atoms with van der Waals surface area (Å²) in [5.74, 6) is 1.26. The van der Waals surface area contributed by atoms with Crippen molar-refractivity contribution >= 4 is 27.5 Å². The molecule has 1 fully saturated rings. The topological polar surface area (TPSA) is 74.7 Å². The van der Waals surface area contributed by atoms with E-state index < -0.39 is 0 Å². The number of thiazole rings is 1. The summed E-state index contributed by atoms with van der Waals surface area (Å²) in [6.45, 7) is 3.58. The highest BCUT2D eigenvalue weighted by Gasteiger charge is 2.25. The largest absolute Gasteiger partial charge is 0.493 e. The minimum atomic E-state index is -0.0594. The number of carbonyl (C=O) groups excluding carboxylic acids is 1. The fourth-order valence-corrected chi connectivity index (χ4v) is 5.71. The second kappa shape index (κ2) is 8.94. The molecular weight excluding hydrogens is 410 g/mol. The van der Waals surface area contributed by atoms with Crippen LogP contribution in [0.3, 0.4) is 0 Å². The Morgan fingerprint density at radius 3 is 2.87 bits per heavy atom. The number of ether oxygens (including phenoxy) is 1. The van der Waals surface area contributed by atoms with Gasteiger partial charge in [-0.05, 0) is 50.2 Å². The van der Waals surface area contributed by atoms with Crippen molar-refractivity contribution in [1.82, 2.24) is 15.2 Å². The summed E-state index contributed by atoms with van der Waals surface area (Å²) in [4.78, 5) is 20.1. The molecular formula is C24H27N3O3S. The van der Waals surface area contributed by atoms with Crippen LogP contribution in [0.15, 0.2) is 42.5 Å². The van der Waals surface area contributed by atoms with Gasteiger partial charge in [0.25, 0.3) is 5.91 Å². The Balaban J connectivity index is 1.30. The van der Waals surface area contributed by atoms with Gasteiger partial charge in [-0.2, -0.15) is 0 Å². The summed E-state index contributed by atoms with van der Waals surface area (Å²) in [6.07, 6.45) is 2.90. The number of hydrogen-bond donors (Lipinski definition) is 2. The smallest absolute Gasteiger partial charge is 0.251 e. The van der Waals surface area contributed by atoms with Crippen molar-refractivity contribution in [2.45, 2.75) is 31.2 Å². The number of nitrogens with one attached hydrogen (secondary N) is 1. The predicted octanol–water partition coefficient (Wildman–Crippen LogP) is 3.72. The molecule has 6 nitrogen and oxygen atoms in total. The number of piperidine rings is 1. The monoisotopic (exact) mass is 437 g/mol. The Morgan fingerprint density at radius 2 is 2.03 bits per heavy atom. The van der Waals surface area contributed by atoms with Crippen LogP contribution in [-0.2, 0) is 0 Å². The van der Waals surface area contributed by atoms with Crippen LogP contribution in [-0.4, -0.2) is 53.7 Å². The van der Waals surface area contributed by atoms with Gasteiger partial charge in [-0.3, -0.25) is 4.79 Å². The number of aliphatic hydroxyl groups is 1. The summed E-state index contributed by atoms with van der Waals surface area (Å²) >= 11 is 1.71. The number of para-hydroxylation sites is 1. The van der Waals surface area contributed by atoms with Gasteiger partial charge in [-0.15, -0.1) is 11.3 Å². The number of rotatable bonds is 5. The second-order valence-corrected chi connectivity index (χ2v) is 9.34. The first-order valence-electron chi connectivity index (χ1n) is 11.0. The molecule has 31 heavy (non-hydrogen) atoms. The van der Waals surface area contributed by atoms with E-state index in [0.29, 0.717) is 18.1 Å². The maximum atomic E-state index is 13.0. The van der Waals surface area contributed by atoms with Crippen LogP contribution in [0, 0.1) is 0 Å². The van der Waals surface area contributed by atoms with E-state index in [2.05, 4.69) is 10.2 Å². The predicted molar refractivity (Wildman–Crippen MR) is 122 cm³/mol. The van der Waals surface area contributed by atoms with E-state index in [4.69, 9.17) is 14.8 Å². The van der Waals surface area contributed by atoms with E-state index >= 15 is 0 Å². The van der Waals surface area contributed by atoms with E-state index in [1.54, 1.807) is 11.3 Å². The molecule has 0 aliphatic carbocycles. The van der Waals surface area contributed by atoms with Crippen LogP contribution < -0.4 is 10.1 Å². The van der Waals surface area contributed by atoms with Crippen LogP contribution in [0.2, 0.25) is 0 Å². The van der Waals surface area contributed by atoms with E-state index in [1.165, 1.54) is 0 Å². The summed E-state index contributed by atoms with van der Waals surface area (Å²) in [7, 11) is 0. The Hall–Kier alpha value is -2.48. The van der Waals surface area contributed by atoms with Crippen molar-refractivity contribution in [3.05, 3.63) is 58.6 Å². The average Bonchev–Trinajstić information content (AvgIpc) is 3.23. The Bertz CT molecular complexity index is 1070. The van der Waals surface area contributed by atoms with Gasteiger partial charge in [0.05, 0.1) is 34.5 Å². The van der Waals surface area contributed by atoms with E-state index in [1.807, 2.05) is 42.5 Å².